The first-order valence-electron chi connectivity index (χ1n) is 5.97. The standard InChI is InChI=1S/C13H18N2O2S/c1-10(2)18(16,17)9-8-15-7-6-11-4-3-5-12(14)13(11)15/h3-7,10H,8-9,14H2,1-2H3. The van der Waals surface area contributed by atoms with E-state index in [0.29, 0.717) is 12.2 Å². The zero-order valence-corrected chi connectivity index (χ0v) is 11.4. The molecule has 0 unspecified atom stereocenters. The van der Waals surface area contributed by atoms with E-state index in [1.165, 1.54) is 0 Å². The molecule has 4 nitrogen and oxygen atoms in total. The number of anilines is 1. The second-order valence-electron chi connectivity index (χ2n) is 4.71. The van der Waals surface area contributed by atoms with Crippen molar-refractivity contribution in [3.63, 3.8) is 0 Å². The lowest BCUT2D eigenvalue weighted by atomic mass is 10.2. The summed E-state index contributed by atoms with van der Waals surface area (Å²) in [6.07, 6.45) is 1.89. The predicted octanol–water partition coefficient (Wildman–Crippen LogP) is 2.05. The molecule has 0 atom stereocenters. The number of nitrogens with zero attached hydrogens (tertiary/aromatic N) is 1. The largest absolute Gasteiger partial charge is 0.397 e. The van der Waals surface area contributed by atoms with Gasteiger partial charge in [0, 0.05) is 18.1 Å². The molecule has 2 rings (SSSR count). The van der Waals surface area contributed by atoms with Crippen molar-refractivity contribution in [2.75, 3.05) is 11.5 Å². The Morgan fingerprint density at radius 3 is 2.67 bits per heavy atom. The molecule has 5 heteroatoms. The van der Waals surface area contributed by atoms with Crippen LogP contribution in [-0.4, -0.2) is 24.0 Å². The molecule has 2 N–H and O–H groups in total. The minimum absolute atomic E-state index is 0.142. The Morgan fingerprint density at radius 2 is 2.00 bits per heavy atom. The third kappa shape index (κ3) is 2.36. The van der Waals surface area contributed by atoms with Gasteiger partial charge in [0.05, 0.1) is 22.2 Å². The molecule has 0 aliphatic carbocycles. The number of benzene rings is 1. The van der Waals surface area contributed by atoms with Gasteiger partial charge in [-0.3, -0.25) is 0 Å². The Labute approximate surface area is 107 Å². The van der Waals surface area contributed by atoms with Gasteiger partial charge in [0.25, 0.3) is 0 Å². The smallest absolute Gasteiger partial charge is 0.154 e. The molecule has 0 amide bonds. The fourth-order valence-corrected chi connectivity index (χ4v) is 2.86. The number of nitrogen functional groups attached to an aromatic ring is 1. The lowest BCUT2D eigenvalue weighted by Crippen LogP contribution is -2.21. The highest BCUT2D eigenvalue weighted by Crippen LogP contribution is 2.22. The summed E-state index contributed by atoms with van der Waals surface area (Å²) in [6, 6.07) is 7.65. The van der Waals surface area contributed by atoms with Crippen LogP contribution in [0.2, 0.25) is 0 Å². The maximum Gasteiger partial charge on any atom is 0.154 e. The molecule has 98 valence electrons. The van der Waals surface area contributed by atoms with Crippen LogP contribution in [0.25, 0.3) is 10.9 Å². The number of sulfone groups is 1. The molecular formula is C13H18N2O2S. The third-order valence-corrected chi connectivity index (χ3v) is 5.34. The predicted molar refractivity (Wildman–Crippen MR) is 75.3 cm³/mol. The highest BCUT2D eigenvalue weighted by Gasteiger charge is 2.16. The molecule has 1 heterocycles. The third-order valence-electron chi connectivity index (χ3n) is 3.15. The monoisotopic (exact) mass is 266 g/mol. The number of hydrogen-bond acceptors (Lipinski definition) is 3. The van der Waals surface area contributed by atoms with Gasteiger partial charge in [0.1, 0.15) is 0 Å². The number of rotatable bonds is 4. The van der Waals surface area contributed by atoms with Gasteiger partial charge in [0.15, 0.2) is 9.84 Å². The maximum atomic E-state index is 11.8. The SMILES string of the molecule is CC(C)S(=O)(=O)CCn1ccc2cccc(N)c21. The van der Waals surface area contributed by atoms with Gasteiger partial charge in [-0.2, -0.15) is 0 Å². The minimum Gasteiger partial charge on any atom is -0.397 e. The minimum atomic E-state index is -3.02. The number of nitrogens with two attached hydrogens (primary N) is 1. The molecule has 0 aliphatic rings. The van der Waals surface area contributed by atoms with Crippen LogP contribution in [0.1, 0.15) is 13.8 Å². The Morgan fingerprint density at radius 1 is 1.28 bits per heavy atom. The molecule has 0 saturated heterocycles. The second-order valence-corrected chi connectivity index (χ2v) is 7.39. The van der Waals surface area contributed by atoms with Crippen molar-refractivity contribution < 1.29 is 8.42 Å². The van der Waals surface area contributed by atoms with E-state index < -0.39 is 9.84 Å². The Kier molecular flexibility index (Phi) is 3.34. The normalized spacial score (nSPS) is 12.4. The van der Waals surface area contributed by atoms with E-state index in [4.69, 9.17) is 5.73 Å². The van der Waals surface area contributed by atoms with Gasteiger partial charge in [0.2, 0.25) is 0 Å². The zero-order valence-electron chi connectivity index (χ0n) is 10.6. The lowest BCUT2D eigenvalue weighted by Gasteiger charge is -2.10. The lowest BCUT2D eigenvalue weighted by molar-refractivity contribution is 0.581. The van der Waals surface area contributed by atoms with Crippen molar-refractivity contribution in [2.45, 2.75) is 25.6 Å². The topological polar surface area (TPSA) is 65.1 Å². The van der Waals surface area contributed by atoms with Gasteiger partial charge < -0.3 is 10.3 Å². The van der Waals surface area contributed by atoms with Crippen LogP contribution in [0, 0.1) is 0 Å². The molecule has 0 bridgehead atoms. The Balaban J connectivity index is 2.29. The van der Waals surface area contributed by atoms with Crippen LogP contribution in [0.15, 0.2) is 30.5 Å². The van der Waals surface area contributed by atoms with Gasteiger partial charge in [-0.15, -0.1) is 0 Å². The quantitative estimate of drug-likeness (QED) is 0.861. The number of hydrogen-bond donors (Lipinski definition) is 1. The fraction of sp³-hybridized carbons (Fsp3) is 0.385. The van der Waals surface area contributed by atoms with Crippen molar-refractivity contribution in [1.82, 2.24) is 4.57 Å². The first kappa shape index (κ1) is 13.0. The molecule has 1 aromatic carbocycles. The molecule has 1 aromatic heterocycles. The van der Waals surface area contributed by atoms with Crippen molar-refractivity contribution in [3.05, 3.63) is 30.5 Å². The number of fused-ring (bicyclic) bond motifs is 1. The van der Waals surface area contributed by atoms with Crippen LogP contribution >= 0.6 is 0 Å². The van der Waals surface area contributed by atoms with E-state index in [1.54, 1.807) is 13.8 Å². The van der Waals surface area contributed by atoms with Crippen LogP contribution in [0.5, 0.6) is 0 Å². The molecule has 0 fully saturated rings. The Hall–Kier alpha value is -1.49. The van der Waals surface area contributed by atoms with Gasteiger partial charge in [-0.25, -0.2) is 8.42 Å². The fourth-order valence-electron chi connectivity index (χ4n) is 1.94. The van der Waals surface area contributed by atoms with E-state index >= 15 is 0 Å². The summed E-state index contributed by atoms with van der Waals surface area (Å²) in [6.45, 7) is 3.85. The number of aromatic nitrogens is 1. The second kappa shape index (κ2) is 4.65. The average Bonchev–Trinajstić information content (AvgIpc) is 2.71. The summed E-state index contributed by atoms with van der Waals surface area (Å²) in [5, 5.41) is 0.702. The number of para-hydroxylation sites is 1. The van der Waals surface area contributed by atoms with E-state index in [0.717, 1.165) is 10.9 Å². The first-order chi connectivity index (χ1) is 8.42. The van der Waals surface area contributed by atoms with Crippen LogP contribution in [0.4, 0.5) is 5.69 Å². The van der Waals surface area contributed by atoms with E-state index in [-0.39, 0.29) is 11.0 Å². The molecule has 0 saturated carbocycles. The summed E-state index contributed by atoms with van der Waals surface area (Å²) in [4.78, 5) is 0. The number of aryl methyl sites for hydroxylation is 1. The van der Waals surface area contributed by atoms with Crippen LogP contribution in [0.3, 0.4) is 0 Å². The average molecular weight is 266 g/mol. The molecule has 2 aromatic rings. The molecule has 0 spiro atoms. The summed E-state index contributed by atoms with van der Waals surface area (Å²) in [7, 11) is -3.02. The highest BCUT2D eigenvalue weighted by atomic mass is 32.2. The molecule has 0 aliphatic heterocycles. The van der Waals surface area contributed by atoms with E-state index in [2.05, 4.69) is 0 Å². The van der Waals surface area contributed by atoms with Gasteiger partial charge in [-0.1, -0.05) is 12.1 Å². The highest BCUT2D eigenvalue weighted by molar-refractivity contribution is 7.91. The molecule has 0 radical (unpaired) electrons. The van der Waals surface area contributed by atoms with Gasteiger partial charge in [-0.05, 0) is 26.0 Å². The summed E-state index contributed by atoms with van der Waals surface area (Å²) >= 11 is 0. The maximum absolute atomic E-state index is 11.8. The summed E-state index contributed by atoms with van der Waals surface area (Å²) in [5.74, 6) is 0.142. The van der Waals surface area contributed by atoms with E-state index in [9.17, 15) is 8.42 Å². The van der Waals surface area contributed by atoms with E-state index in [1.807, 2.05) is 35.0 Å². The van der Waals surface area contributed by atoms with Crippen molar-refractivity contribution >= 4 is 26.4 Å². The summed E-state index contributed by atoms with van der Waals surface area (Å²) in [5.41, 5.74) is 7.52. The Bertz CT molecular complexity index is 657. The molecular weight excluding hydrogens is 248 g/mol. The van der Waals surface area contributed by atoms with Crippen LogP contribution < -0.4 is 5.73 Å². The zero-order chi connectivity index (χ0) is 13.3. The van der Waals surface area contributed by atoms with Crippen molar-refractivity contribution in [3.8, 4) is 0 Å². The first-order valence-corrected chi connectivity index (χ1v) is 7.68. The van der Waals surface area contributed by atoms with Crippen molar-refractivity contribution in [1.29, 1.82) is 0 Å². The summed E-state index contributed by atoms with van der Waals surface area (Å²) < 4.78 is 25.5. The van der Waals surface area contributed by atoms with Crippen LogP contribution in [-0.2, 0) is 16.4 Å². The molecule has 18 heavy (non-hydrogen) atoms. The van der Waals surface area contributed by atoms with Gasteiger partial charge >= 0.3 is 0 Å². The van der Waals surface area contributed by atoms with Crippen molar-refractivity contribution in [2.24, 2.45) is 0 Å².